The molecule has 3 aromatic rings. The number of rotatable bonds is 4. The maximum atomic E-state index is 14.3. The number of hydrogen-bond acceptors (Lipinski definition) is 4. The van der Waals surface area contributed by atoms with Gasteiger partial charge in [0.2, 0.25) is 0 Å². The van der Waals surface area contributed by atoms with Crippen LogP contribution in [0.25, 0.3) is 22.4 Å². The number of benzene rings is 2. The third-order valence-corrected chi connectivity index (χ3v) is 4.62. The molecule has 0 radical (unpaired) electrons. The molecule has 0 aliphatic rings. The van der Waals surface area contributed by atoms with E-state index in [0.717, 1.165) is 16.7 Å². The quantitative estimate of drug-likeness (QED) is 0.652. The van der Waals surface area contributed by atoms with Crippen molar-refractivity contribution in [3.63, 3.8) is 0 Å². The first-order valence-corrected chi connectivity index (χ1v) is 9.05. The molecule has 0 fully saturated rings. The molecule has 26 heavy (non-hydrogen) atoms. The molecular weight excluding hydrogens is 351 g/mol. The summed E-state index contributed by atoms with van der Waals surface area (Å²) in [5, 5.41) is 9.25. The molecule has 0 bridgehead atoms. The Hall–Kier alpha value is -2.88. The predicted octanol–water partition coefficient (Wildman–Crippen LogP) is 4.11. The fourth-order valence-corrected chi connectivity index (χ4v) is 3.20. The summed E-state index contributed by atoms with van der Waals surface area (Å²) in [5.74, 6) is -0.963. The highest BCUT2D eigenvalue weighted by Gasteiger charge is 2.12. The first kappa shape index (κ1) is 17.9. The fraction of sp³-hybridized carbons (Fsp3) is 0.100. The zero-order chi connectivity index (χ0) is 18.7. The monoisotopic (exact) mass is 365 g/mol. The number of aromatic nitrogens is 1. The maximum absolute atomic E-state index is 14.3. The van der Waals surface area contributed by atoms with E-state index in [4.69, 9.17) is 0 Å². The third-order valence-electron chi connectivity index (χ3n) is 4.08. The van der Waals surface area contributed by atoms with Crippen molar-refractivity contribution in [3.8, 4) is 28.5 Å². The van der Waals surface area contributed by atoms with Gasteiger partial charge in [0.05, 0.1) is 17.3 Å². The van der Waals surface area contributed by atoms with E-state index in [1.165, 1.54) is 12.1 Å². The van der Waals surface area contributed by atoms with Crippen molar-refractivity contribution in [3.05, 3.63) is 77.2 Å². The topological polar surface area (TPSA) is 76.8 Å². The predicted molar refractivity (Wildman–Crippen MR) is 97.1 cm³/mol. The zero-order valence-corrected chi connectivity index (χ0v) is 14.7. The standard InChI is InChI=1S/C20H15FN2O2S/c1-13-4-5-14(9-17(13)11-22)18-3-2-8-23-20(18)15-6-7-16(12-26(24)25)19(21)10-15/h2-10H,12H2,1H3,(H,24,25)/p-1. The molecule has 0 amide bonds. The molecule has 0 saturated carbocycles. The molecule has 2 aromatic carbocycles. The minimum Gasteiger partial charge on any atom is -0.772 e. The summed E-state index contributed by atoms with van der Waals surface area (Å²) < 4.78 is 35.9. The molecule has 0 spiro atoms. The highest BCUT2D eigenvalue weighted by molar-refractivity contribution is 7.78. The summed E-state index contributed by atoms with van der Waals surface area (Å²) in [7, 11) is 0. The van der Waals surface area contributed by atoms with Crippen LogP contribution in [0.1, 0.15) is 16.7 Å². The van der Waals surface area contributed by atoms with Crippen LogP contribution in [-0.4, -0.2) is 13.7 Å². The van der Waals surface area contributed by atoms with Gasteiger partial charge in [0, 0.05) is 23.1 Å². The molecule has 1 aromatic heterocycles. The second-order valence-corrected chi connectivity index (χ2v) is 6.69. The molecule has 130 valence electrons. The third kappa shape index (κ3) is 3.69. The molecule has 0 saturated heterocycles. The zero-order valence-electron chi connectivity index (χ0n) is 13.9. The van der Waals surface area contributed by atoms with Crippen molar-refractivity contribution in [2.45, 2.75) is 12.7 Å². The highest BCUT2D eigenvalue weighted by atomic mass is 32.2. The van der Waals surface area contributed by atoms with Crippen LogP contribution in [0.15, 0.2) is 54.7 Å². The first-order valence-electron chi connectivity index (χ1n) is 7.80. The number of aryl methyl sites for hydroxylation is 1. The lowest BCUT2D eigenvalue weighted by Crippen LogP contribution is -1.98. The Bertz CT molecular complexity index is 1040. The number of nitrogens with zero attached hydrogens (tertiary/aromatic N) is 2. The van der Waals surface area contributed by atoms with Crippen molar-refractivity contribution in [2.75, 3.05) is 0 Å². The van der Waals surface area contributed by atoms with Crippen molar-refractivity contribution < 1.29 is 13.2 Å². The van der Waals surface area contributed by atoms with Gasteiger partial charge in [-0.05, 0) is 41.8 Å². The van der Waals surface area contributed by atoms with Crippen LogP contribution in [0.3, 0.4) is 0 Å². The van der Waals surface area contributed by atoms with Gasteiger partial charge in [-0.1, -0.05) is 41.4 Å². The van der Waals surface area contributed by atoms with Crippen LogP contribution in [0.5, 0.6) is 0 Å². The van der Waals surface area contributed by atoms with Gasteiger partial charge < -0.3 is 4.55 Å². The molecular formula is C20H14FN2O2S-. The Morgan fingerprint density at radius 2 is 1.96 bits per heavy atom. The van der Waals surface area contributed by atoms with Gasteiger partial charge in [-0.3, -0.25) is 9.19 Å². The van der Waals surface area contributed by atoms with Gasteiger partial charge in [-0.25, -0.2) is 4.39 Å². The average molecular weight is 365 g/mol. The van der Waals surface area contributed by atoms with E-state index in [1.807, 2.05) is 25.1 Å². The molecule has 1 unspecified atom stereocenters. The van der Waals surface area contributed by atoms with E-state index < -0.39 is 16.9 Å². The van der Waals surface area contributed by atoms with Crippen LogP contribution >= 0.6 is 0 Å². The fourth-order valence-electron chi connectivity index (χ4n) is 2.72. The molecule has 6 heteroatoms. The van der Waals surface area contributed by atoms with Crippen LogP contribution in [0, 0.1) is 24.1 Å². The summed E-state index contributed by atoms with van der Waals surface area (Å²) in [6.07, 6.45) is 1.61. The lowest BCUT2D eigenvalue weighted by atomic mass is 9.96. The summed E-state index contributed by atoms with van der Waals surface area (Å²) in [5.41, 5.74) is 4.23. The second kappa shape index (κ2) is 7.56. The van der Waals surface area contributed by atoms with E-state index in [-0.39, 0.29) is 11.3 Å². The van der Waals surface area contributed by atoms with E-state index in [2.05, 4.69) is 11.1 Å². The normalized spacial score (nSPS) is 11.8. The van der Waals surface area contributed by atoms with Gasteiger partial charge in [0.1, 0.15) is 5.82 Å². The summed E-state index contributed by atoms with van der Waals surface area (Å²) in [6.45, 7) is 1.86. The van der Waals surface area contributed by atoms with Gasteiger partial charge in [0.25, 0.3) is 0 Å². The number of nitriles is 1. The molecule has 0 aliphatic carbocycles. The van der Waals surface area contributed by atoms with Crippen LogP contribution in [-0.2, 0) is 16.8 Å². The lowest BCUT2D eigenvalue weighted by Gasteiger charge is -2.12. The molecule has 1 heterocycles. The Kier molecular flexibility index (Phi) is 5.21. The average Bonchev–Trinajstić information content (AvgIpc) is 2.63. The molecule has 0 N–H and O–H groups in total. The number of halogens is 1. The number of pyridine rings is 1. The Morgan fingerprint density at radius 1 is 1.19 bits per heavy atom. The van der Waals surface area contributed by atoms with E-state index in [0.29, 0.717) is 16.8 Å². The minimum absolute atomic E-state index is 0.113. The molecule has 3 rings (SSSR count). The number of hydrogen-bond donors (Lipinski definition) is 0. The lowest BCUT2D eigenvalue weighted by molar-refractivity contribution is 0.533. The van der Waals surface area contributed by atoms with Crippen LogP contribution in [0.2, 0.25) is 0 Å². The second-order valence-electron chi connectivity index (χ2n) is 5.80. The first-order chi connectivity index (χ1) is 12.5. The van der Waals surface area contributed by atoms with Gasteiger partial charge in [-0.15, -0.1) is 0 Å². The minimum atomic E-state index is -2.35. The van der Waals surface area contributed by atoms with Crippen molar-refractivity contribution in [1.29, 1.82) is 5.26 Å². The van der Waals surface area contributed by atoms with Crippen molar-refractivity contribution >= 4 is 11.1 Å². The van der Waals surface area contributed by atoms with E-state index in [1.54, 1.807) is 24.4 Å². The Balaban J connectivity index is 2.10. The van der Waals surface area contributed by atoms with Gasteiger partial charge >= 0.3 is 0 Å². The molecule has 1 atom stereocenters. The van der Waals surface area contributed by atoms with Crippen molar-refractivity contribution in [1.82, 2.24) is 4.98 Å². The maximum Gasteiger partial charge on any atom is 0.127 e. The SMILES string of the molecule is Cc1ccc(-c2cccnc2-c2ccc(CS(=O)[O-])c(F)c2)cc1C#N. The molecule has 4 nitrogen and oxygen atoms in total. The van der Waals surface area contributed by atoms with Gasteiger partial charge in [-0.2, -0.15) is 5.26 Å². The van der Waals surface area contributed by atoms with Crippen LogP contribution in [0.4, 0.5) is 4.39 Å². The summed E-state index contributed by atoms with van der Waals surface area (Å²) in [4.78, 5) is 4.36. The van der Waals surface area contributed by atoms with Crippen LogP contribution < -0.4 is 0 Å². The molecule has 0 aliphatic heterocycles. The van der Waals surface area contributed by atoms with Crippen molar-refractivity contribution in [2.24, 2.45) is 0 Å². The Labute approximate surface area is 153 Å². The highest BCUT2D eigenvalue weighted by Crippen LogP contribution is 2.32. The summed E-state index contributed by atoms with van der Waals surface area (Å²) in [6, 6.07) is 15.7. The van der Waals surface area contributed by atoms with E-state index >= 15 is 0 Å². The Morgan fingerprint density at radius 3 is 2.65 bits per heavy atom. The summed E-state index contributed by atoms with van der Waals surface area (Å²) >= 11 is -2.35. The smallest absolute Gasteiger partial charge is 0.127 e. The van der Waals surface area contributed by atoms with Gasteiger partial charge in [0.15, 0.2) is 0 Å². The largest absolute Gasteiger partial charge is 0.772 e. The van der Waals surface area contributed by atoms with E-state index in [9.17, 15) is 18.4 Å².